The highest BCUT2D eigenvalue weighted by Gasteiger charge is 2.25. The molecule has 0 radical (unpaired) electrons. The van der Waals surface area contributed by atoms with Crippen molar-refractivity contribution in [2.24, 2.45) is 0 Å². The summed E-state index contributed by atoms with van der Waals surface area (Å²) < 4.78 is 5.58. The molecule has 2 aromatic rings. The van der Waals surface area contributed by atoms with Gasteiger partial charge in [0.25, 0.3) is 0 Å². The highest BCUT2D eigenvalue weighted by Crippen LogP contribution is 2.38. The minimum atomic E-state index is 0.736. The molecule has 0 unspecified atom stereocenters. The lowest BCUT2D eigenvalue weighted by atomic mass is 9.88. The fourth-order valence-electron chi connectivity index (χ4n) is 4.06. The topological polar surface area (TPSA) is 25.4 Å². The van der Waals surface area contributed by atoms with Crippen LogP contribution in [-0.4, -0.2) is 36.3 Å². The summed E-state index contributed by atoms with van der Waals surface area (Å²) in [5.74, 6) is 0. The van der Waals surface area contributed by atoms with Gasteiger partial charge in [0.15, 0.2) is 0 Å². The zero-order chi connectivity index (χ0) is 17.9. The van der Waals surface area contributed by atoms with Crippen molar-refractivity contribution in [2.45, 2.75) is 32.6 Å². The van der Waals surface area contributed by atoms with Crippen LogP contribution in [-0.2, 0) is 17.6 Å². The number of hydrogen-bond donors (Lipinski definition) is 0. The number of piperidine rings is 1. The molecule has 1 saturated heterocycles. The number of halogens is 1. The van der Waals surface area contributed by atoms with Crippen molar-refractivity contribution in [2.75, 3.05) is 26.4 Å². The second-order valence-electron chi connectivity index (χ2n) is 7.03. The van der Waals surface area contributed by atoms with E-state index < -0.39 is 0 Å². The van der Waals surface area contributed by atoms with E-state index in [0.717, 1.165) is 57.1 Å². The summed E-state index contributed by atoms with van der Waals surface area (Å²) in [4.78, 5) is 7.19. The van der Waals surface area contributed by atoms with Crippen molar-refractivity contribution in [3.05, 3.63) is 69.5 Å². The van der Waals surface area contributed by atoms with Gasteiger partial charge in [-0.2, -0.15) is 0 Å². The van der Waals surface area contributed by atoms with E-state index in [1.54, 1.807) is 0 Å². The number of hydrogen-bond acceptors (Lipinski definition) is 3. The Morgan fingerprint density at radius 1 is 1.08 bits per heavy atom. The summed E-state index contributed by atoms with van der Waals surface area (Å²) in [6.45, 7) is 5.65. The van der Waals surface area contributed by atoms with Crippen molar-refractivity contribution >= 4 is 17.2 Å². The molecule has 136 valence electrons. The van der Waals surface area contributed by atoms with Gasteiger partial charge in [0.1, 0.15) is 0 Å². The molecule has 0 atom stereocenters. The molecule has 1 aromatic carbocycles. The van der Waals surface area contributed by atoms with Crippen LogP contribution < -0.4 is 0 Å². The maximum Gasteiger partial charge on any atom is 0.0990 e. The summed E-state index contributed by atoms with van der Waals surface area (Å²) >= 11 is 6.29. The second-order valence-corrected chi connectivity index (χ2v) is 7.47. The van der Waals surface area contributed by atoms with Crippen LogP contribution >= 0.6 is 11.6 Å². The lowest BCUT2D eigenvalue weighted by molar-refractivity contribution is 0.0314. The van der Waals surface area contributed by atoms with Gasteiger partial charge < -0.3 is 4.74 Å². The summed E-state index contributed by atoms with van der Waals surface area (Å²) in [7, 11) is 0. The van der Waals surface area contributed by atoms with E-state index in [4.69, 9.17) is 21.3 Å². The molecule has 1 aliphatic carbocycles. The number of ether oxygens (including phenoxy) is 1. The smallest absolute Gasteiger partial charge is 0.0990 e. The predicted octanol–water partition coefficient (Wildman–Crippen LogP) is 4.73. The fraction of sp³-hybridized carbons (Fsp3) is 0.409. The van der Waals surface area contributed by atoms with Crippen LogP contribution in [0.3, 0.4) is 0 Å². The number of benzene rings is 1. The van der Waals surface area contributed by atoms with Gasteiger partial charge in [0.2, 0.25) is 0 Å². The van der Waals surface area contributed by atoms with E-state index in [-0.39, 0.29) is 0 Å². The molecule has 0 spiro atoms. The molecular weight excluding hydrogens is 344 g/mol. The van der Waals surface area contributed by atoms with Crippen molar-refractivity contribution in [3.8, 4) is 0 Å². The summed E-state index contributed by atoms with van der Waals surface area (Å²) in [6.07, 6.45) is 6.09. The molecule has 4 heteroatoms. The molecule has 0 amide bonds. The Morgan fingerprint density at radius 2 is 1.88 bits per heavy atom. The number of likely N-dealkylation sites (tertiary alicyclic amines) is 1. The highest BCUT2D eigenvalue weighted by atomic mass is 35.5. The number of nitrogens with zero attached hydrogens (tertiary/aromatic N) is 2. The van der Waals surface area contributed by atoms with E-state index in [0.29, 0.717) is 0 Å². The van der Waals surface area contributed by atoms with Crippen LogP contribution in [0.25, 0.3) is 5.57 Å². The Labute approximate surface area is 160 Å². The standard InChI is InChI=1S/C22H25ClN2O/c1-2-26-15-25-12-9-16(10-13-25)21-20-8-7-19(23)14-18(20)6-5-17-4-3-11-24-22(17)21/h3-4,7-8,11,14H,2,5-6,9-10,12-13,15H2,1H3. The first-order valence-corrected chi connectivity index (χ1v) is 9.89. The molecule has 4 rings (SSSR count). The Bertz CT molecular complexity index is 821. The summed E-state index contributed by atoms with van der Waals surface area (Å²) in [5.41, 5.74) is 8.04. The molecule has 3 nitrogen and oxygen atoms in total. The first-order valence-electron chi connectivity index (χ1n) is 9.51. The Hall–Kier alpha value is -1.68. The SMILES string of the molecule is CCOCN1CCC(=C2c3ccc(Cl)cc3CCc3cccnc32)CC1. The quantitative estimate of drug-likeness (QED) is 0.783. The molecule has 0 bridgehead atoms. The van der Waals surface area contributed by atoms with Crippen molar-refractivity contribution in [1.29, 1.82) is 0 Å². The van der Waals surface area contributed by atoms with Crippen LogP contribution in [0.15, 0.2) is 42.1 Å². The third-order valence-electron chi connectivity index (χ3n) is 5.42. The zero-order valence-corrected chi connectivity index (χ0v) is 16.1. The van der Waals surface area contributed by atoms with E-state index in [9.17, 15) is 0 Å². The molecule has 2 aliphatic rings. The van der Waals surface area contributed by atoms with E-state index in [1.165, 1.54) is 33.5 Å². The van der Waals surface area contributed by atoms with Gasteiger partial charge >= 0.3 is 0 Å². The monoisotopic (exact) mass is 368 g/mol. The Kier molecular flexibility index (Phi) is 5.39. The largest absolute Gasteiger partial charge is 0.366 e. The molecule has 0 saturated carbocycles. The van der Waals surface area contributed by atoms with Gasteiger partial charge in [0.05, 0.1) is 12.4 Å². The number of aryl methyl sites for hydroxylation is 2. The van der Waals surface area contributed by atoms with Crippen molar-refractivity contribution < 1.29 is 4.74 Å². The second kappa shape index (κ2) is 7.91. The molecule has 1 aromatic heterocycles. The number of fused-ring (bicyclic) bond motifs is 2. The van der Waals surface area contributed by atoms with Gasteiger partial charge in [-0.3, -0.25) is 9.88 Å². The van der Waals surface area contributed by atoms with Gasteiger partial charge in [0, 0.05) is 36.5 Å². The van der Waals surface area contributed by atoms with Gasteiger partial charge in [-0.1, -0.05) is 29.3 Å². The minimum Gasteiger partial charge on any atom is -0.366 e. The first-order chi connectivity index (χ1) is 12.8. The lowest BCUT2D eigenvalue weighted by Crippen LogP contribution is -2.33. The summed E-state index contributed by atoms with van der Waals surface area (Å²) in [5, 5.41) is 0.818. The van der Waals surface area contributed by atoms with Crippen LogP contribution in [0.1, 0.15) is 42.1 Å². The number of aromatic nitrogens is 1. The van der Waals surface area contributed by atoms with Gasteiger partial charge in [-0.05, 0) is 67.5 Å². The van der Waals surface area contributed by atoms with Crippen LogP contribution in [0, 0.1) is 0 Å². The number of pyridine rings is 1. The third-order valence-corrected chi connectivity index (χ3v) is 5.65. The van der Waals surface area contributed by atoms with Crippen molar-refractivity contribution in [1.82, 2.24) is 9.88 Å². The van der Waals surface area contributed by atoms with Crippen molar-refractivity contribution in [3.63, 3.8) is 0 Å². The number of rotatable bonds is 3. The first kappa shape index (κ1) is 17.7. The average Bonchev–Trinajstić information content (AvgIpc) is 2.83. The van der Waals surface area contributed by atoms with Crippen LogP contribution in [0.2, 0.25) is 5.02 Å². The molecular formula is C22H25ClN2O. The third kappa shape index (κ3) is 3.57. The zero-order valence-electron chi connectivity index (χ0n) is 15.3. The molecule has 1 fully saturated rings. The highest BCUT2D eigenvalue weighted by molar-refractivity contribution is 6.30. The normalized spacial score (nSPS) is 17.6. The fourth-order valence-corrected chi connectivity index (χ4v) is 4.25. The van der Waals surface area contributed by atoms with E-state index >= 15 is 0 Å². The molecule has 2 heterocycles. The van der Waals surface area contributed by atoms with Crippen LogP contribution in [0.4, 0.5) is 0 Å². The summed E-state index contributed by atoms with van der Waals surface area (Å²) in [6, 6.07) is 10.6. The van der Waals surface area contributed by atoms with Crippen LogP contribution in [0.5, 0.6) is 0 Å². The molecule has 0 N–H and O–H groups in total. The van der Waals surface area contributed by atoms with Gasteiger partial charge in [-0.25, -0.2) is 0 Å². The lowest BCUT2D eigenvalue weighted by Gasteiger charge is -2.29. The van der Waals surface area contributed by atoms with Gasteiger partial charge in [-0.15, -0.1) is 0 Å². The maximum atomic E-state index is 6.29. The maximum absolute atomic E-state index is 6.29. The van der Waals surface area contributed by atoms with E-state index in [2.05, 4.69) is 29.2 Å². The average molecular weight is 369 g/mol. The van der Waals surface area contributed by atoms with E-state index in [1.807, 2.05) is 19.2 Å². The Morgan fingerprint density at radius 3 is 2.69 bits per heavy atom. The Balaban J connectivity index is 1.75. The molecule has 26 heavy (non-hydrogen) atoms. The molecule has 1 aliphatic heterocycles. The minimum absolute atomic E-state index is 0.736. The predicted molar refractivity (Wildman–Crippen MR) is 106 cm³/mol.